The molecular weight excluding hydrogens is 498 g/mol. The fourth-order valence-electron chi connectivity index (χ4n) is 4.50. The van der Waals surface area contributed by atoms with Crippen LogP contribution in [0.25, 0.3) is 11.1 Å². The van der Waals surface area contributed by atoms with E-state index in [-0.39, 0.29) is 19.1 Å². The maximum atomic E-state index is 12.9. The standard InChI is InChI=1S/C31H33NO7/c1-31(2,3)39-28(33)17-27(29(34)37-18-20-13-15-21(36-4)16-14-20)32-30(35)38-19-26-24-11-7-5-9-22(24)23-10-6-8-12-25(23)26/h5-16,26-27H,17-19H2,1-4H3,(H,32,35)/t27-/m1/s1. The van der Waals surface area contributed by atoms with Gasteiger partial charge in [0.1, 0.15) is 30.6 Å². The van der Waals surface area contributed by atoms with Crippen LogP contribution < -0.4 is 10.1 Å². The van der Waals surface area contributed by atoms with Crippen LogP contribution in [0.15, 0.2) is 72.8 Å². The third kappa shape index (κ3) is 7.16. The van der Waals surface area contributed by atoms with Crippen LogP contribution in [0.4, 0.5) is 4.79 Å². The molecule has 0 heterocycles. The third-order valence-corrected chi connectivity index (χ3v) is 6.25. The SMILES string of the molecule is COc1ccc(COC(=O)[C@@H](CC(=O)OC(C)(C)C)NC(=O)OCC2c3ccccc3-c3ccccc32)cc1. The first kappa shape index (κ1) is 27.7. The number of rotatable bonds is 9. The molecule has 0 aliphatic heterocycles. The van der Waals surface area contributed by atoms with Gasteiger partial charge < -0.3 is 24.3 Å². The van der Waals surface area contributed by atoms with Gasteiger partial charge in [-0.3, -0.25) is 4.79 Å². The lowest BCUT2D eigenvalue weighted by molar-refractivity contribution is -0.160. The summed E-state index contributed by atoms with van der Waals surface area (Å²) in [6.07, 6.45) is -1.23. The Bertz CT molecular complexity index is 1280. The Hall–Kier alpha value is -4.33. The van der Waals surface area contributed by atoms with E-state index in [0.29, 0.717) is 5.75 Å². The predicted octanol–water partition coefficient (Wildman–Crippen LogP) is 5.38. The van der Waals surface area contributed by atoms with Crippen molar-refractivity contribution < 1.29 is 33.3 Å². The van der Waals surface area contributed by atoms with E-state index >= 15 is 0 Å². The smallest absolute Gasteiger partial charge is 0.407 e. The van der Waals surface area contributed by atoms with Gasteiger partial charge >= 0.3 is 18.0 Å². The highest BCUT2D eigenvalue weighted by Gasteiger charge is 2.31. The lowest BCUT2D eigenvalue weighted by atomic mass is 9.98. The molecule has 1 amide bonds. The van der Waals surface area contributed by atoms with Crippen molar-refractivity contribution in [2.75, 3.05) is 13.7 Å². The minimum atomic E-state index is -1.28. The number of alkyl carbamates (subject to hydrolysis) is 1. The normalized spacial score (nSPS) is 13.0. The number of fused-ring (bicyclic) bond motifs is 3. The number of amides is 1. The van der Waals surface area contributed by atoms with Crippen molar-refractivity contribution in [2.45, 2.75) is 51.4 Å². The molecule has 3 aromatic rings. The molecule has 0 aromatic heterocycles. The summed E-state index contributed by atoms with van der Waals surface area (Å²) in [5.74, 6) is -0.891. The van der Waals surface area contributed by atoms with Gasteiger partial charge in [0.2, 0.25) is 0 Å². The first-order valence-electron chi connectivity index (χ1n) is 12.8. The Morgan fingerprint density at radius 2 is 1.44 bits per heavy atom. The van der Waals surface area contributed by atoms with Crippen molar-refractivity contribution in [2.24, 2.45) is 0 Å². The molecule has 1 atom stereocenters. The second-order valence-electron chi connectivity index (χ2n) is 10.3. The zero-order chi connectivity index (χ0) is 28.0. The summed E-state index contributed by atoms with van der Waals surface area (Å²) in [4.78, 5) is 38.3. The minimum Gasteiger partial charge on any atom is -0.497 e. The average molecular weight is 532 g/mol. The summed E-state index contributed by atoms with van der Waals surface area (Å²) < 4.78 is 21.5. The zero-order valence-corrected chi connectivity index (χ0v) is 22.6. The summed E-state index contributed by atoms with van der Waals surface area (Å²) in [6.45, 7) is 5.20. The van der Waals surface area contributed by atoms with Crippen molar-refractivity contribution in [1.29, 1.82) is 0 Å². The van der Waals surface area contributed by atoms with Crippen LogP contribution in [0.2, 0.25) is 0 Å². The average Bonchev–Trinajstić information content (AvgIpc) is 3.23. The lowest BCUT2D eigenvalue weighted by Gasteiger charge is -2.22. The molecule has 39 heavy (non-hydrogen) atoms. The molecule has 0 saturated heterocycles. The molecule has 0 bridgehead atoms. The maximum absolute atomic E-state index is 12.9. The van der Waals surface area contributed by atoms with Crippen LogP contribution in [0, 0.1) is 0 Å². The molecule has 1 aliphatic carbocycles. The van der Waals surface area contributed by atoms with E-state index < -0.39 is 36.1 Å². The number of hydrogen-bond donors (Lipinski definition) is 1. The van der Waals surface area contributed by atoms with Gasteiger partial charge in [0.15, 0.2) is 0 Å². The fourth-order valence-corrected chi connectivity index (χ4v) is 4.50. The van der Waals surface area contributed by atoms with Crippen molar-refractivity contribution >= 4 is 18.0 Å². The maximum Gasteiger partial charge on any atom is 0.407 e. The van der Waals surface area contributed by atoms with Crippen LogP contribution in [-0.4, -0.2) is 43.4 Å². The molecule has 0 saturated carbocycles. The molecule has 0 fully saturated rings. The van der Waals surface area contributed by atoms with Crippen LogP contribution in [-0.2, 0) is 30.4 Å². The Morgan fingerprint density at radius 1 is 0.846 bits per heavy atom. The van der Waals surface area contributed by atoms with Crippen molar-refractivity contribution in [1.82, 2.24) is 5.32 Å². The van der Waals surface area contributed by atoms with Crippen LogP contribution in [0.5, 0.6) is 5.75 Å². The van der Waals surface area contributed by atoms with Crippen molar-refractivity contribution in [3.05, 3.63) is 89.5 Å². The molecule has 1 aliphatic rings. The molecule has 0 radical (unpaired) electrons. The van der Waals surface area contributed by atoms with Gasteiger partial charge in [-0.25, -0.2) is 9.59 Å². The Labute approximate surface area is 228 Å². The highest BCUT2D eigenvalue weighted by Crippen LogP contribution is 2.44. The number of nitrogens with one attached hydrogen (secondary N) is 1. The minimum absolute atomic E-state index is 0.0417. The monoisotopic (exact) mass is 531 g/mol. The fraction of sp³-hybridized carbons (Fsp3) is 0.323. The Balaban J connectivity index is 1.41. The second-order valence-corrected chi connectivity index (χ2v) is 10.3. The molecular formula is C31H33NO7. The van der Waals surface area contributed by atoms with E-state index in [1.165, 1.54) is 0 Å². The number of esters is 2. The number of carbonyl (C=O) groups is 3. The summed E-state index contributed by atoms with van der Waals surface area (Å²) in [5.41, 5.74) is 4.31. The highest BCUT2D eigenvalue weighted by molar-refractivity contribution is 5.86. The van der Waals surface area contributed by atoms with Gasteiger partial charge in [-0.15, -0.1) is 0 Å². The van der Waals surface area contributed by atoms with Gasteiger partial charge in [-0.2, -0.15) is 0 Å². The number of hydrogen-bond acceptors (Lipinski definition) is 7. The van der Waals surface area contributed by atoms with Gasteiger partial charge in [0.25, 0.3) is 0 Å². The number of ether oxygens (including phenoxy) is 4. The van der Waals surface area contributed by atoms with Crippen LogP contribution in [0.1, 0.15) is 49.8 Å². The van der Waals surface area contributed by atoms with E-state index in [4.69, 9.17) is 18.9 Å². The van der Waals surface area contributed by atoms with Crippen LogP contribution in [0.3, 0.4) is 0 Å². The quantitative estimate of drug-likeness (QED) is 0.292. The van der Waals surface area contributed by atoms with Gasteiger partial charge in [0, 0.05) is 5.92 Å². The summed E-state index contributed by atoms with van der Waals surface area (Å²) in [7, 11) is 1.56. The van der Waals surface area contributed by atoms with Crippen molar-refractivity contribution in [3.8, 4) is 16.9 Å². The number of methoxy groups -OCH3 is 1. The topological polar surface area (TPSA) is 100 Å². The Kier molecular flexibility index (Phi) is 8.54. The largest absolute Gasteiger partial charge is 0.497 e. The first-order chi connectivity index (χ1) is 18.6. The lowest BCUT2D eigenvalue weighted by Crippen LogP contribution is -2.44. The van der Waals surface area contributed by atoms with Gasteiger partial charge in [0.05, 0.1) is 13.5 Å². The first-order valence-corrected chi connectivity index (χ1v) is 12.8. The molecule has 0 spiro atoms. The number of benzene rings is 3. The van der Waals surface area contributed by atoms with E-state index in [1.54, 1.807) is 52.1 Å². The summed E-state index contributed by atoms with van der Waals surface area (Å²) in [6, 6.07) is 21.7. The molecule has 8 heteroatoms. The third-order valence-electron chi connectivity index (χ3n) is 6.25. The van der Waals surface area contributed by atoms with Gasteiger partial charge in [-0.05, 0) is 60.7 Å². The van der Waals surface area contributed by atoms with E-state index in [1.807, 2.05) is 48.5 Å². The van der Waals surface area contributed by atoms with Gasteiger partial charge in [-0.1, -0.05) is 60.7 Å². The highest BCUT2D eigenvalue weighted by atomic mass is 16.6. The Morgan fingerprint density at radius 3 is 2.00 bits per heavy atom. The number of carbonyl (C=O) groups excluding carboxylic acids is 3. The molecule has 4 rings (SSSR count). The molecule has 0 unspecified atom stereocenters. The second kappa shape index (κ2) is 12.0. The predicted molar refractivity (Wildman–Crippen MR) is 145 cm³/mol. The molecule has 8 nitrogen and oxygen atoms in total. The van der Waals surface area contributed by atoms with Crippen LogP contribution >= 0.6 is 0 Å². The van der Waals surface area contributed by atoms with E-state index in [9.17, 15) is 14.4 Å². The summed E-state index contributed by atoms with van der Waals surface area (Å²) >= 11 is 0. The molecule has 204 valence electrons. The summed E-state index contributed by atoms with van der Waals surface area (Å²) in [5, 5.41) is 2.50. The van der Waals surface area contributed by atoms with Crippen molar-refractivity contribution in [3.63, 3.8) is 0 Å². The molecule has 1 N–H and O–H groups in total. The van der Waals surface area contributed by atoms with E-state index in [2.05, 4.69) is 5.32 Å². The van der Waals surface area contributed by atoms with E-state index in [0.717, 1.165) is 27.8 Å². The zero-order valence-electron chi connectivity index (χ0n) is 22.6. The molecule has 3 aromatic carbocycles.